The Labute approximate surface area is 290 Å². The molecule has 10 rings (SSSR count). The van der Waals surface area contributed by atoms with Gasteiger partial charge in [0.05, 0.1) is 45.5 Å². The van der Waals surface area contributed by atoms with Gasteiger partial charge in [-0.3, -0.25) is 0 Å². The van der Waals surface area contributed by atoms with Crippen molar-refractivity contribution in [2.45, 2.75) is 0 Å². The van der Waals surface area contributed by atoms with Crippen molar-refractivity contribution in [3.05, 3.63) is 150 Å². The molecule has 6 nitrogen and oxygen atoms in total. The summed E-state index contributed by atoms with van der Waals surface area (Å²) < 4.78 is 15.1. The predicted octanol–water partition coefficient (Wildman–Crippen LogP) is 11.5. The lowest BCUT2D eigenvalue weighted by molar-refractivity contribution is 0.633. The van der Waals surface area contributed by atoms with E-state index >= 15 is 0 Å². The molecule has 234 valence electrons. The Morgan fingerprint density at radius 1 is 0.431 bits per heavy atom. The second-order valence-electron chi connectivity index (χ2n) is 12.6. The van der Waals surface area contributed by atoms with E-state index in [1.165, 1.54) is 0 Å². The van der Waals surface area contributed by atoms with Crippen LogP contribution in [0.4, 0.5) is 0 Å². The van der Waals surface area contributed by atoms with Gasteiger partial charge in [0.1, 0.15) is 17.2 Å². The van der Waals surface area contributed by atoms with E-state index in [2.05, 4.69) is 59.2 Å². The summed E-state index contributed by atoms with van der Waals surface area (Å²) in [4.78, 5) is 0. The zero-order chi connectivity index (χ0) is 34.2. The first kappa shape index (κ1) is 28.4. The highest BCUT2D eigenvalue weighted by molar-refractivity contribution is 6.19. The van der Waals surface area contributed by atoms with Gasteiger partial charge in [-0.1, -0.05) is 54.6 Å². The molecule has 0 spiro atoms. The molecule has 0 saturated heterocycles. The maximum Gasteiger partial charge on any atom is 0.178 e. The third kappa shape index (κ3) is 4.14. The summed E-state index contributed by atoms with van der Waals surface area (Å²) in [5.41, 5.74) is 11.0. The Hall–Kier alpha value is -7.59. The van der Waals surface area contributed by atoms with Crippen molar-refractivity contribution in [2.75, 3.05) is 0 Å². The minimum atomic E-state index is 0.541. The molecule has 0 N–H and O–H groups in total. The molecular formula is C45H22N4O2. The summed E-state index contributed by atoms with van der Waals surface area (Å²) in [6.07, 6.45) is 0. The molecule has 10 aromatic rings. The van der Waals surface area contributed by atoms with Gasteiger partial charge >= 0.3 is 0 Å². The third-order valence-electron chi connectivity index (χ3n) is 9.89. The minimum Gasteiger partial charge on any atom is -0.452 e. The second-order valence-corrected chi connectivity index (χ2v) is 12.6. The van der Waals surface area contributed by atoms with Crippen molar-refractivity contribution in [3.8, 4) is 46.1 Å². The zero-order valence-electron chi connectivity index (χ0n) is 26.8. The molecule has 0 bridgehead atoms. The summed E-state index contributed by atoms with van der Waals surface area (Å²) >= 11 is 0. The molecule has 0 amide bonds. The maximum atomic E-state index is 10.4. The van der Waals surface area contributed by atoms with E-state index in [0.29, 0.717) is 27.9 Å². The van der Waals surface area contributed by atoms with Crippen molar-refractivity contribution in [1.29, 1.82) is 15.8 Å². The smallest absolute Gasteiger partial charge is 0.178 e. The van der Waals surface area contributed by atoms with Crippen LogP contribution in [0.5, 0.6) is 0 Å². The molecule has 0 saturated carbocycles. The summed E-state index contributed by atoms with van der Waals surface area (Å²) in [6.45, 7) is 0. The van der Waals surface area contributed by atoms with Crippen LogP contribution in [0.2, 0.25) is 0 Å². The van der Waals surface area contributed by atoms with Crippen LogP contribution in [0.1, 0.15) is 16.7 Å². The molecule has 3 heterocycles. The molecule has 0 radical (unpaired) electrons. The van der Waals surface area contributed by atoms with Gasteiger partial charge in [0.2, 0.25) is 0 Å². The van der Waals surface area contributed by atoms with E-state index in [1.807, 2.05) is 91.0 Å². The molecule has 7 aromatic carbocycles. The second kappa shape index (κ2) is 10.7. The van der Waals surface area contributed by atoms with Crippen LogP contribution in [0.15, 0.2) is 142 Å². The first-order chi connectivity index (χ1) is 25.1. The van der Waals surface area contributed by atoms with Crippen molar-refractivity contribution in [1.82, 2.24) is 4.57 Å². The molecule has 0 unspecified atom stereocenters. The predicted molar refractivity (Wildman–Crippen MR) is 200 cm³/mol. The van der Waals surface area contributed by atoms with Gasteiger partial charge in [0.15, 0.2) is 11.2 Å². The molecule has 0 atom stereocenters. The fraction of sp³-hybridized carbons (Fsp3) is 0. The molecule has 0 aliphatic heterocycles. The summed E-state index contributed by atoms with van der Waals surface area (Å²) in [5, 5.41) is 35.2. The Balaban J connectivity index is 1.17. The van der Waals surface area contributed by atoms with Crippen LogP contribution in [-0.4, -0.2) is 4.57 Å². The number of hydrogen-bond donors (Lipinski definition) is 0. The van der Waals surface area contributed by atoms with Gasteiger partial charge in [-0.05, 0) is 95.6 Å². The number of nitrogens with zero attached hydrogens (tertiary/aromatic N) is 4. The molecule has 51 heavy (non-hydrogen) atoms. The zero-order valence-corrected chi connectivity index (χ0v) is 26.8. The van der Waals surface area contributed by atoms with E-state index in [4.69, 9.17) is 8.83 Å². The molecule has 6 heteroatoms. The number of fused-ring (bicyclic) bond motifs is 10. The number of nitriles is 3. The number of benzene rings is 7. The summed E-state index contributed by atoms with van der Waals surface area (Å²) in [5.74, 6) is 0. The van der Waals surface area contributed by atoms with Gasteiger partial charge in [0.25, 0.3) is 0 Å². The molecule has 0 fully saturated rings. The van der Waals surface area contributed by atoms with E-state index in [0.717, 1.165) is 82.5 Å². The van der Waals surface area contributed by atoms with Crippen molar-refractivity contribution >= 4 is 65.7 Å². The number of aromatic nitrogens is 1. The highest BCUT2D eigenvalue weighted by Gasteiger charge is 2.21. The van der Waals surface area contributed by atoms with Crippen molar-refractivity contribution in [2.24, 2.45) is 0 Å². The normalized spacial score (nSPS) is 11.5. The lowest BCUT2D eigenvalue weighted by Crippen LogP contribution is -2.00. The number of rotatable bonds is 3. The van der Waals surface area contributed by atoms with Gasteiger partial charge in [-0.25, -0.2) is 0 Å². The van der Waals surface area contributed by atoms with E-state index in [9.17, 15) is 15.8 Å². The molecular weight excluding hydrogens is 629 g/mol. The Morgan fingerprint density at radius 2 is 1.08 bits per heavy atom. The van der Waals surface area contributed by atoms with Gasteiger partial charge in [-0.2, -0.15) is 15.8 Å². The van der Waals surface area contributed by atoms with Crippen LogP contribution < -0.4 is 0 Å². The van der Waals surface area contributed by atoms with Crippen LogP contribution in [-0.2, 0) is 0 Å². The number of hydrogen-bond acceptors (Lipinski definition) is 5. The summed E-state index contributed by atoms with van der Waals surface area (Å²) in [7, 11) is 0. The largest absolute Gasteiger partial charge is 0.452 e. The molecule has 3 aromatic heterocycles. The first-order valence-electron chi connectivity index (χ1n) is 16.4. The van der Waals surface area contributed by atoms with Crippen LogP contribution >= 0.6 is 0 Å². The maximum absolute atomic E-state index is 10.4. The number of furan rings is 2. The quantitative estimate of drug-likeness (QED) is 0.189. The average Bonchev–Trinajstić information content (AvgIpc) is 3.86. The van der Waals surface area contributed by atoms with Crippen LogP contribution in [0, 0.1) is 34.0 Å². The third-order valence-corrected chi connectivity index (χ3v) is 9.89. The van der Waals surface area contributed by atoms with Crippen LogP contribution in [0.3, 0.4) is 0 Å². The highest BCUT2D eigenvalue weighted by Crippen LogP contribution is 2.43. The molecule has 0 aliphatic carbocycles. The lowest BCUT2D eigenvalue weighted by Gasteiger charge is -2.16. The summed E-state index contributed by atoms with van der Waals surface area (Å²) in [6, 6.07) is 50.5. The van der Waals surface area contributed by atoms with Gasteiger partial charge < -0.3 is 13.4 Å². The monoisotopic (exact) mass is 650 g/mol. The van der Waals surface area contributed by atoms with Crippen molar-refractivity contribution < 1.29 is 8.83 Å². The molecule has 0 aliphatic rings. The number of para-hydroxylation sites is 2. The standard InChI is InChI=1S/C45H22N4O2/c46-23-26-5-3-6-28(19-26)29-12-17-41-37(21-29)34-14-15-35-38-22-30(13-18-42(38)51-45(35)44(34)50-41)32-9-4-7-31(25-48)43(32)49-39-10-2-1-8-33(39)36-20-27(24-47)11-16-40(36)49/h1-22H. The van der Waals surface area contributed by atoms with E-state index in [1.54, 1.807) is 6.07 Å². The lowest BCUT2D eigenvalue weighted by atomic mass is 9.98. The average molecular weight is 651 g/mol. The van der Waals surface area contributed by atoms with E-state index in [-0.39, 0.29) is 0 Å². The van der Waals surface area contributed by atoms with Crippen molar-refractivity contribution in [3.63, 3.8) is 0 Å². The Kier molecular flexibility index (Phi) is 5.97. The van der Waals surface area contributed by atoms with Gasteiger partial charge in [-0.15, -0.1) is 0 Å². The SMILES string of the molecule is N#Cc1cccc(-c2ccc3oc4c(ccc5c6cc(-c7cccc(C#N)c7-n7c8ccccc8c8cc(C#N)ccc87)ccc6oc54)c3c2)c1. The van der Waals surface area contributed by atoms with Gasteiger partial charge in [0, 0.05) is 37.9 Å². The highest BCUT2D eigenvalue weighted by atomic mass is 16.4. The Bertz CT molecular complexity index is 3250. The Morgan fingerprint density at radius 3 is 1.82 bits per heavy atom. The fourth-order valence-electron chi connectivity index (χ4n) is 7.57. The first-order valence-corrected chi connectivity index (χ1v) is 16.4. The van der Waals surface area contributed by atoms with Crippen LogP contribution in [0.25, 0.3) is 93.6 Å². The topological polar surface area (TPSA) is 103 Å². The fourth-order valence-corrected chi connectivity index (χ4v) is 7.57. The van der Waals surface area contributed by atoms with E-state index < -0.39 is 0 Å². The minimum absolute atomic E-state index is 0.541.